The molecule has 0 aromatic heterocycles. The summed E-state index contributed by atoms with van der Waals surface area (Å²) in [4.78, 5) is 12.6. The minimum Gasteiger partial charge on any atom is -0.507 e. The molecule has 8 heteroatoms. The molecule has 0 spiro atoms. The number of hydrogen-bond donors (Lipinski definition) is 3. The van der Waals surface area contributed by atoms with Crippen molar-refractivity contribution in [1.82, 2.24) is 5.43 Å². The molecule has 7 nitrogen and oxygen atoms in total. The Balaban J connectivity index is 1.53. The van der Waals surface area contributed by atoms with E-state index in [4.69, 9.17) is 0 Å². The van der Waals surface area contributed by atoms with Gasteiger partial charge < -0.3 is 5.11 Å². The van der Waals surface area contributed by atoms with Crippen LogP contribution < -0.4 is 10.1 Å². The van der Waals surface area contributed by atoms with Crippen LogP contribution in [0.4, 0.5) is 5.69 Å². The van der Waals surface area contributed by atoms with Gasteiger partial charge in [0.25, 0.3) is 15.9 Å². The molecular weight excluding hydrogens is 450 g/mol. The number of carbonyl (C=O) groups excluding carboxylic acids is 1. The molecule has 0 bridgehead atoms. The highest BCUT2D eigenvalue weighted by Gasteiger charge is 2.17. The van der Waals surface area contributed by atoms with Crippen molar-refractivity contribution >= 4 is 38.6 Å². The number of hydrazone groups is 1. The standard InChI is InChI=1S/C26H23N3O4S/c1-17-10-12-24(18(2)14-17)29-34(32,33)21-8-5-7-20(15-21)26(31)28-27-16-23-22-9-4-3-6-19(22)11-13-25(23)30/h3-16,29-30H,1-2H3,(H,28,31). The minimum atomic E-state index is -3.90. The quantitative estimate of drug-likeness (QED) is 0.278. The van der Waals surface area contributed by atoms with Crippen LogP contribution in [0.3, 0.4) is 0 Å². The average Bonchev–Trinajstić information content (AvgIpc) is 2.82. The van der Waals surface area contributed by atoms with Crippen LogP contribution in [0.15, 0.2) is 88.9 Å². The number of sulfonamides is 1. The smallest absolute Gasteiger partial charge is 0.271 e. The molecular formula is C26H23N3O4S. The monoisotopic (exact) mass is 473 g/mol. The Morgan fingerprint density at radius 3 is 2.53 bits per heavy atom. The first-order valence-corrected chi connectivity index (χ1v) is 12.0. The minimum absolute atomic E-state index is 0.0299. The molecule has 3 N–H and O–H groups in total. The molecule has 0 atom stereocenters. The SMILES string of the molecule is Cc1ccc(NS(=O)(=O)c2cccc(C(=O)NN=Cc3c(O)ccc4ccccc34)c2)c(C)c1. The molecule has 0 saturated heterocycles. The van der Waals surface area contributed by atoms with Gasteiger partial charge in [0, 0.05) is 11.1 Å². The van der Waals surface area contributed by atoms with Crippen molar-refractivity contribution in [3.8, 4) is 5.75 Å². The fourth-order valence-electron chi connectivity index (χ4n) is 3.58. The van der Waals surface area contributed by atoms with E-state index in [0.29, 0.717) is 11.3 Å². The zero-order valence-electron chi connectivity index (χ0n) is 18.6. The van der Waals surface area contributed by atoms with Gasteiger partial charge in [-0.3, -0.25) is 9.52 Å². The number of aryl methyl sites for hydroxylation is 2. The second-order valence-corrected chi connectivity index (χ2v) is 9.55. The van der Waals surface area contributed by atoms with Gasteiger partial charge in [0.05, 0.1) is 16.8 Å². The number of carbonyl (C=O) groups is 1. The summed E-state index contributed by atoms with van der Waals surface area (Å²) in [6, 6.07) is 21.9. The third kappa shape index (κ3) is 4.92. The van der Waals surface area contributed by atoms with Crippen LogP contribution in [0.5, 0.6) is 5.75 Å². The van der Waals surface area contributed by atoms with E-state index in [0.717, 1.165) is 21.9 Å². The lowest BCUT2D eigenvalue weighted by Crippen LogP contribution is -2.19. The van der Waals surface area contributed by atoms with Gasteiger partial charge in [0.15, 0.2) is 0 Å². The van der Waals surface area contributed by atoms with E-state index < -0.39 is 15.9 Å². The number of nitrogens with zero attached hydrogens (tertiary/aromatic N) is 1. The predicted octanol–water partition coefficient (Wildman–Crippen LogP) is 4.73. The average molecular weight is 474 g/mol. The van der Waals surface area contributed by atoms with Crippen LogP contribution in [0.1, 0.15) is 27.0 Å². The van der Waals surface area contributed by atoms with Crippen molar-refractivity contribution in [2.24, 2.45) is 5.10 Å². The summed E-state index contributed by atoms with van der Waals surface area (Å²) in [7, 11) is -3.90. The number of amides is 1. The summed E-state index contributed by atoms with van der Waals surface area (Å²) in [5.74, 6) is -0.554. The summed E-state index contributed by atoms with van der Waals surface area (Å²) < 4.78 is 28.3. The van der Waals surface area contributed by atoms with Crippen LogP contribution in [0, 0.1) is 13.8 Å². The summed E-state index contributed by atoms with van der Waals surface area (Å²) in [5.41, 5.74) is 5.27. The second-order valence-electron chi connectivity index (χ2n) is 7.87. The summed E-state index contributed by atoms with van der Waals surface area (Å²) in [6.07, 6.45) is 1.36. The molecule has 0 aliphatic carbocycles. The molecule has 0 saturated carbocycles. The highest BCUT2D eigenvalue weighted by atomic mass is 32.2. The van der Waals surface area contributed by atoms with E-state index in [1.54, 1.807) is 18.2 Å². The van der Waals surface area contributed by atoms with E-state index in [2.05, 4.69) is 15.2 Å². The second kappa shape index (κ2) is 9.36. The van der Waals surface area contributed by atoms with E-state index in [1.165, 1.54) is 30.5 Å². The maximum Gasteiger partial charge on any atom is 0.271 e. The third-order valence-corrected chi connectivity index (χ3v) is 6.70. The van der Waals surface area contributed by atoms with Gasteiger partial charge in [-0.05, 0) is 60.5 Å². The zero-order chi connectivity index (χ0) is 24.3. The lowest BCUT2D eigenvalue weighted by atomic mass is 10.0. The Bertz CT molecular complexity index is 1530. The Hall–Kier alpha value is -4.17. The van der Waals surface area contributed by atoms with Gasteiger partial charge in [-0.25, -0.2) is 13.8 Å². The zero-order valence-corrected chi connectivity index (χ0v) is 19.4. The normalized spacial score (nSPS) is 11.6. The van der Waals surface area contributed by atoms with Crippen molar-refractivity contribution in [1.29, 1.82) is 0 Å². The van der Waals surface area contributed by atoms with Crippen LogP contribution >= 0.6 is 0 Å². The molecule has 0 radical (unpaired) electrons. The molecule has 0 fully saturated rings. The molecule has 34 heavy (non-hydrogen) atoms. The van der Waals surface area contributed by atoms with Gasteiger partial charge in [0.2, 0.25) is 0 Å². The van der Waals surface area contributed by atoms with Gasteiger partial charge in [-0.2, -0.15) is 5.10 Å². The van der Waals surface area contributed by atoms with E-state index in [1.807, 2.05) is 50.2 Å². The third-order valence-electron chi connectivity index (χ3n) is 5.34. The Morgan fingerprint density at radius 2 is 1.74 bits per heavy atom. The lowest BCUT2D eigenvalue weighted by molar-refractivity contribution is 0.0955. The number of nitrogens with one attached hydrogen (secondary N) is 2. The molecule has 0 aliphatic heterocycles. The van der Waals surface area contributed by atoms with Gasteiger partial charge >= 0.3 is 0 Å². The van der Waals surface area contributed by atoms with Gasteiger partial charge in [0.1, 0.15) is 5.75 Å². The maximum absolute atomic E-state index is 12.9. The molecule has 4 aromatic rings. The number of anilines is 1. The maximum atomic E-state index is 12.9. The molecule has 1 amide bonds. The summed E-state index contributed by atoms with van der Waals surface area (Å²) in [6.45, 7) is 3.75. The predicted molar refractivity (Wildman–Crippen MR) is 134 cm³/mol. The first kappa shape index (κ1) is 23.0. The van der Waals surface area contributed by atoms with Crippen molar-refractivity contribution < 1.29 is 18.3 Å². The number of benzene rings is 4. The highest BCUT2D eigenvalue weighted by Crippen LogP contribution is 2.25. The van der Waals surface area contributed by atoms with Crippen molar-refractivity contribution in [3.63, 3.8) is 0 Å². The largest absolute Gasteiger partial charge is 0.507 e. The summed E-state index contributed by atoms with van der Waals surface area (Å²) >= 11 is 0. The first-order valence-electron chi connectivity index (χ1n) is 10.5. The van der Waals surface area contributed by atoms with Crippen molar-refractivity contribution in [2.45, 2.75) is 18.7 Å². The topological polar surface area (TPSA) is 108 Å². The number of fused-ring (bicyclic) bond motifs is 1. The Labute approximate surface area is 197 Å². The van der Waals surface area contributed by atoms with E-state index in [-0.39, 0.29) is 16.2 Å². The Morgan fingerprint density at radius 1 is 0.941 bits per heavy atom. The number of hydrogen-bond acceptors (Lipinski definition) is 5. The van der Waals surface area contributed by atoms with Crippen molar-refractivity contribution in [2.75, 3.05) is 4.72 Å². The first-order chi connectivity index (χ1) is 16.2. The number of aromatic hydroxyl groups is 1. The van der Waals surface area contributed by atoms with Gasteiger partial charge in [-0.15, -0.1) is 0 Å². The number of rotatable bonds is 6. The van der Waals surface area contributed by atoms with E-state index in [9.17, 15) is 18.3 Å². The highest BCUT2D eigenvalue weighted by molar-refractivity contribution is 7.92. The van der Waals surface area contributed by atoms with E-state index >= 15 is 0 Å². The molecule has 0 unspecified atom stereocenters. The van der Waals surface area contributed by atoms with Crippen molar-refractivity contribution in [3.05, 3.63) is 101 Å². The fourth-order valence-corrected chi connectivity index (χ4v) is 4.75. The molecule has 0 heterocycles. The molecule has 172 valence electrons. The molecule has 4 aromatic carbocycles. The number of phenolic OH excluding ortho intramolecular Hbond substituents is 1. The lowest BCUT2D eigenvalue weighted by Gasteiger charge is -2.12. The van der Waals surface area contributed by atoms with Crippen LogP contribution in [-0.4, -0.2) is 25.6 Å². The van der Waals surface area contributed by atoms with Crippen LogP contribution in [0.2, 0.25) is 0 Å². The summed E-state index contributed by atoms with van der Waals surface area (Å²) in [5, 5.41) is 15.9. The number of phenols is 1. The molecule has 4 rings (SSSR count). The van der Waals surface area contributed by atoms with Crippen LogP contribution in [0.25, 0.3) is 10.8 Å². The van der Waals surface area contributed by atoms with Gasteiger partial charge in [-0.1, -0.05) is 54.1 Å². The van der Waals surface area contributed by atoms with Crippen LogP contribution in [-0.2, 0) is 10.0 Å². The Kier molecular flexibility index (Phi) is 6.34. The fraction of sp³-hybridized carbons (Fsp3) is 0.0769. The molecule has 0 aliphatic rings.